The first-order valence-corrected chi connectivity index (χ1v) is 9.73. The molecule has 7 nitrogen and oxygen atoms in total. The highest BCUT2D eigenvalue weighted by Crippen LogP contribution is 2.33. The van der Waals surface area contributed by atoms with Gasteiger partial charge in [-0.15, -0.1) is 0 Å². The lowest BCUT2D eigenvalue weighted by atomic mass is 10.2. The number of aromatic nitrogens is 3. The molecule has 0 aromatic carbocycles. The highest BCUT2D eigenvalue weighted by molar-refractivity contribution is 8.15. The molecule has 0 atom stereocenters. The van der Waals surface area contributed by atoms with E-state index in [1.54, 1.807) is 0 Å². The third-order valence-electron chi connectivity index (χ3n) is 4.34. The van der Waals surface area contributed by atoms with Crippen LogP contribution in [0.25, 0.3) is 0 Å². The monoisotopic (exact) mass is 363 g/mol. The van der Waals surface area contributed by atoms with Crippen molar-refractivity contribution in [3.8, 4) is 0 Å². The SMILES string of the molecule is CC(C)c1nc(N(C)C)nc(N2CCN(C3=NCC(C)(C)S3)CC2)n1. The number of nitrogens with zero attached hydrogens (tertiary/aromatic N) is 7. The summed E-state index contributed by atoms with van der Waals surface area (Å²) in [4.78, 5) is 25.3. The molecule has 0 bridgehead atoms. The zero-order valence-electron chi connectivity index (χ0n) is 16.2. The van der Waals surface area contributed by atoms with Gasteiger partial charge in [0.05, 0.1) is 6.54 Å². The molecule has 0 spiro atoms. The first-order chi connectivity index (χ1) is 11.7. The quantitative estimate of drug-likeness (QED) is 0.814. The molecule has 0 radical (unpaired) electrons. The van der Waals surface area contributed by atoms with Crippen LogP contribution in [0, 0.1) is 0 Å². The van der Waals surface area contributed by atoms with Crippen LogP contribution in [0.1, 0.15) is 39.4 Å². The van der Waals surface area contributed by atoms with E-state index in [0.29, 0.717) is 0 Å². The van der Waals surface area contributed by atoms with Crippen LogP contribution < -0.4 is 9.80 Å². The van der Waals surface area contributed by atoms with Crippen molar-refractivity contribution in [3.63, 3.8) is 0 Å². The topological polar surface area (TPSA) is 60.8 Å². The summed E-state index contributed by atoms with van der Waals surface area (Å²) < 4.78 is 0.230. The number of aliphatic imine (C=N–C) groups is 1. The zero-order chi connectivity index (χ0) is 18.2. The molecule has 2 aliphatic heterocycles. The van der Waals surface area contributed by atoms with E-state index in [4.69, 9.17) is 9.98 Å². The van der Waals surface area contributed by atoms with Gasteiger partial charge in [0.25, 0.3) is 0 Å². The van der Waals surface area contributed by atoms with E-state index in [9.17, 15) is 0 Å². The molecular formula is C17H29N7S. The Labute approximate surface area is 154 Å². The summed E-state index contributed by atoms with van der Waals surface area (Å²) >= 11 is 1.89. The fraction of sp³-hybridized carbons (Fsp3) is 0.765. The Kier molecular flexibility index (Phi) is 5.09. The van der Waals surface area contributed by atoms with Gasteiger partial charge in [-0.2, -0.15) is 15.0 Å². The Bertz CT molecular complexity index is 622. The maximum atomic E-state index is 4.72. The molecule has 3 rings (SSSR count). The normalized spacial score (nSPS) is 20.2. The lowest BCUT2D eigenvalue weighted by Gasteiger charge is -2.36. The average Bonchev–Trinajstić information content (AvgIpc) is 2.94. The van der Waals surface area contributed by atoms with Crippen molar-refractivity contribution in [1.82, 2.24) is 19.9 Å². The van der Waals surface area contributed by atoms with Crippen molar-refractivity contribution in [2.45, 2.75) is 38.4 Å². The van der Waals surface area contributed by atoms with E-state index in [-0.39, 0.29) is 10.7 Å². The zero-order valence-corrected chi connectivity index (χ0v) is 17.0. The molecule has 1 saturated heterocycles. The average molecular weight is 364 g/mol. The Morgan fingerprint density at radius 1 is 1.00 bits per heavy atom. The Morgan fingerprint density at radius 3 is 2.16 bits per heavy atom. The van der Waals surface area contributed by atoms with Gasteiger partial charge in [0.2, 0.25) is 11.9 Å². The van der Waals surface area contributed by atoms with Gasteiger partial charge in [-0.25, -0.2) is 0 Å². The summed E-state index contributed by atoms with van der Waals surface area (Å²) in [5.41, 5.74) is 0. The van der Waals surface area contributed by atoms with Gasteiger partial charge >= 0.3 is 0 Å². The van der Waals surface area contributed by atoms with Crippen LogP contribution in [-0.2, 0) is 0 Å². The number of anilines is 2. The van der Waals surface area contributed by atoms with Gasteiger partial charge in [0.15, 0.2) is 5.17 Å². The van der Waals surface area contributed by atoms with E-state index in [1.165, 1.54) is 5.17 Å². The highest BCUT2D eigenvalue weighted by atomic mass is 32.2. The maximum absolute atomic E-state index is 4.72. The third kappa shape index (κ3) is 4.16. The number of rotatable bonds is 3. The van der Waals surface area contributed by atoms with Crippen LogP contribution >= 0.6 is 11.8 Å². The van der Waals surface area contributed by atoms with Gasteiger partial charge in [0.1, 0.15) is 5.82 Å². The summed E-state index contributed by atoms with van der Waals surface area (Å²) in [5, 5.41) is 1.19. The van der Waals surface area contributed by atoms with Gasteiger partial charge in [-0.1, -0.05) is 25.6 Å². The second-order valence-corrected chi connectivity index (χ2v) is 9.45. The molecule has 2 aliphatic rings. The summed E-state index contributed by atoms with van der Waals surface area (Å²) in [5.74, 6) is 2.67. The predicted octanol–water partition coefficient (Wildman–Crippen LogP) is 2.06. The number of thioether (sulfide) groups is 1. The molecule has 138 valence electrons. The molecule has 1 aromatic heterocycles. The van der Waals surface area contributed by atoms with Crippen LogP contribution in [-0.4, -0.2) is 76.6 Å². The van der Waals surface area contributed by atoms with Crippen molar-refractivity contribution in [1.29, 1.82) is 0 Å². The maximum Gasteiger partial charge on any atom is 0.230 e. The number of amidine groups is 1. The summed E-state index contributed by atoms with van der Waals surface area (Å²) in [7, 11) is 3.94. The molecule has 1 aromatic rings. The van der Waals surface area contributed by atoms with E-state index < -0.39 is 0 Å². The molecule has 0 saturated carbocycles. The lowest BCUT2D eigenvalue weighted by molar-refractivity contribution is 0.389. The van der Waals surface area contributed by atoms with Crippen molar-refractivity contribution in [2.24, 2.45) is 4.99 Å². The molecule has 0 amide bonds. The smallest absolute Gasteiger partial charge is 0.230 e. The van der Waals surface area contributed by atoms with Crippen LogP contribution in [0.15, 0.2) is 4.99 Å². The van der Waals surface area contributed by atoms with Crippen LogP contribution in [0.4, 0.5) is 11.9 Å². The van der Waals surface area contributed by atoms with Crippen molar-refractivity contribution in [3.05, 3.63) is 5.82 Å². The molecular weight excluding hydrogens is 334 g/mol. The second kappa shape index (κ2) is 6.97. The van der Waals surface area contributed by atoms with Crippen molar-refractivity contribution in [2.75, 3.05) is 56.6 Å². The highest BCUT2D eigenvalue weighted by Gasteiger charge is 2.32. The van der Waals surface area contributed by atoms with E-state index in [0.717, 1.165) is 50.4 Å². The third-order valence-corrected chi connectivity index (χ3v) is 5.59. The van der Waals surface area contributed by atoms with Gasteiger partial charge in [0, 0.05) is 50.9 Å². The summed E-state index contributed by atoms with van der Waals surface area (Å²) in [6, 6.07) is 0. The summed E-state index contributed by atoms with van der Waals surface area (Å²) in [6.45, 7) is 13.4. The van der Waals surface area contributed by atoms with E-state index in [1.807, 2.05) is 30.8 Å². The minimum atomic E-state index is 0.230. The molecule has 0 aliphatic carbocycles. The standard InChI is InChI=1S/C17H29N7S/c1-12(2)13-19-14(22(5)6)21-15(20-13)23-7-9-24(10-8-23)16-18-11-17(3,4)25-16/h12H,7-11H2,1-6H3. The fourth-order valence-corrected chi connectivity index (χ4v) is 3.87. The van der Waals surface area contributed by atoms with Gasteiger partial charge < -0.3 is 14.7 Å². The predicted molar refractivity (Wildman–Crippen MR) is 106 cm³/mol. The van der Waals surface area contributed by atoms with E-state index in [2.05, 4.69) is 47.5 Å². The van der Waals surface area contributed by atoms with Crippen molar-refractivity contribution < 1.29 is 0 Å². The summed E-state index contributed by atoms with van der Waals surface area (Å²) in [6.07, 6.45) is 0. The lowest BCUT2D eigenvalue weighted by Crippen LogP contribution is -2.48. The minimum Gasteiger partial charge on any atom is -0.348 e. The Balaban J connectivity index is 1.70. The Morgan fingerprint density at radius 2 is 1.64 bits per heavy atom. The molecule has 3 heterocycles. The van der Waals surface area contributed by atoms with Crippen LogP contribution in [0.5, 0.6) is 0 Å². The number of hydrogen-bond acceptors (Lipinski definition) is 8. The molecule has 25 heavy (non-hydrogen) atoms. The molecule has 0 unspecified atom stereocenters. The van der Waals surface area contributed by atoms with Crippen LogP contribution in [0.3, 0.4) is 0 Å². The van der Waals surface area contributed by atoms with Gasteiger partial charge in [-0.05, 0) is 13.8 Å². The second-order valence-electron chi connectivity index (χ2n) is 7.78. The van der Waals surface area contributed by atoms with Crippen LogP contribution in [0.2, 0.25) is 0 Å². The Hall–Kier alpha value is -1.57. The first kappa shape index (κ1) is 18.2. The number of piperazine rings is 1. The largest absolute Gasteiger partial charge is 0.348 e. The molecule has 0 N–H and O–H groups in total. The number of hydrogen-bond donors (Lipinski definition) is 0. The molecule has 1 fully saturated rings. The fourth-order valence-electron chi connectivity index (χ4n) is 2.80. The van der Waals surface area contributed by atoms with Crippen molar-refractivity contribution >= 4 is 28.8 Å². The van der Waals surface area contributed by atoms with E-state index >= 15 is 0 Å². The first-order valence-electron chi connectivity index (χ1n) is 8.92. The minimum absolute atomic E-state index is 0.230. The molecule has 8 heteroatoms. The van der Waals surface area contributed by atoms with Gasteiger partial charge in [-0.3, -0.25) is 4.99 Å².